The fourth-order valence-corrected chi connectivity index (χ4v) is 1.77. The standard InChI is InChI=1S/C11H8BrClN4O2/c12-7-1-2-9(18)6(3-7)4-14-16-8-5-15-17-11(19)10(8)13/h1-5,18H,(H2,16,17,19)/b14-4+. The summed E-state index contributed by atoms with van der Waals surface area (Å²) >= 11 is 9.04. The molecule has 0 radical (unpaired) electrons. The largest absolute Gasteiger partial charge is 0.507 e. The number of phenolic OH excluding ortho intramolecular Hbond substituents is 1. The molecule has 1 aromatic heterocycles. The summed E-state index contributed by atoms with van der Waals surface area (Å²) < 4.78 is 0.808. The average Bonchev–Trinajstić information content (AvgIpc) is 2.38. The fourth-order valence-electron chi connectivity index (χ4n) is 1.26. The Kier molecular flexibility index (Phi) is 4.18. The smallest absolute Gasteiger partial charge is 0.285 e. The molecule has 1 heterocycles. The van der Waals surface area contributed by atoms with Crippen LogP contribution in [-0.2, 0) is 0 Å². The predicted octanol–water partition coefficient (Wildman–Crippen LogP) is 2.34. The van der Waals surface area contributed by atoms with Crippen molar-refractivity contribution in [2.75, 3.05) is 5.43 Å². The number of hydrogen-bond donors (Lipinski definition) is 3. The number of nitrogens with zero attached hydrogens (tertiary/aromatic N) is 2. The monoisotopic (exact) mass is 342 g/mol. The van der Waals surface area contributed by atoms with Crippen LogP contribution in [0.3, 0.4) is 0 Å². The highest BCUT2D eigenvalue weighted by atomic mass is 79.9. The van der Waals surface area contributed by atoms with Crippen LogP contribution in [0.4, 0.5) is 5.69 Å². The third kappa shape index (κ3) is 3.33. The third-order valence-electron chi connectivity index (χ3n) is 2.17. The lowest BCUT2D eigenvalue weighted by molar-refractivity contribution is 0.474. The molecule has 0 bridgehead atoms. The van der Waals surface area contributed by atoms with Gasteiger partial charge in [0.05, 0.1) is 12.4 Å². The summed E-state index contributed by atoms with van der Waals surface area (Å²) in [7, 11) is 0. The molecule has 0 unspecified atom stereocenters. The summed E-state index contributed by atoms with van der Waals surface area (Å²) in [4.78, 5) is 11.2. The number of H-pyrrole nitrogens is 1. The molecule has 2 rings (SSSR count). The van der Waals surface area contributed by atoms with Crippen molar-refractivity contribution < 1.29 is 5.11 Å². The molecule has 8 heteroatoms. The van der Waals surface area contributed by atoms with E-state index in [1.165, 1.54) is 18.5 Å². The molecular weight excluding hydrogens is 336 g/mol. The number of rotatable bonds is 3. The highest BCUT2D eigenvalue weighted by Crippen LogP contribution is 2.20. The molecule has 0 fully saturated rings. The maximum Gasteiger partial charge on any atom is 0.285 e. The van der Waals surface area contributed by atoms with E-state index in [9.17, 15) is 9.90 Å². The van der Waals surface area contributed by atoms with Gasteiger partial charge in [0.1, 0.15) is 16.5 Å². The first-order chi connectivity index (χ1) is 9.08. The molecule has 0 amide bonds. The zero-order valence-corrected chi connectivity index (χ0v) is 11.7. The van der Waals surface area contributed by atoms with Crippen molar-refractivity contribution in [3.05, 3.63) is 49.8 Å². The minimum Gasteiger partial charge on any atom is -0.507 e. The minimum absolute atomic E-state index is 0.0365. The average molecular weight is 344 g/mol. The second-order valence-corrected chi connectivity index (χ2v) is 4.79. The van der Waals surface area contributed by atoms with Gasteiger partial charge in [-0.15, -0.1) is 0 Å². The maximum absolute atomic E-state index is 11.2. The molecular formula is C11H8BrClN4O2. The number of hydrogen-bond acceptors (Lipinski definition) is 5. The number of phenols is 1. The highest BCUT2D eigenvalue weighted by Gasteiger charge is 2.03. The van der Waals surface area contributed by atoms with Crippen molar-refractivity contribution in [2.45, 2.75) is 0 Å². The number of halogens is 2. The summed E-state index contributed by atoms with van der Waals surface area (Å²) in [6.45, 7) is 0. The molecule has 0 spiro atoms. The number of aromatic amines is 1. The van der Waals surface area contributed by atoms with Gasteiger partial charge >= 0.3 is 0 Å². The lowest BCUT2D eigenvalue weighted by Gasteiger charge is -2.02. The van der Waals surface area contributed by atoms with E-state index in [2.05, 4.69) is 36.7 Å². The molecule has 0 saturated heterocycles. The Bertz CT molecular complexity index is 687. The second-order valence-electron chi connectivity index (χ2n) is 3.50. The summed E-state index contributed by atoms with van der Waals surface area (Å²) in [5.74, 6) is 0.0869. The Morgan fingerprint density at radius 2 is 2.32 bits per heavy atom. The normalized spacial score (nSPS) is 10.8. The van der Waals surface area contributed by atoms with Crippen molar-refractivity contribution in [3.8, 4) is 5.75 Å². The molecule has 1 aromatic carbocycles. The Morgan fingerprint density at radius 1 is 1.53 bits per heavy atom. The topological polar surface area (TPSA) is 90.4 Å². The van der Waals surface area contributed by atoms with Gasteiger partial charge in [-0.1, -0.05) is 27.5 Å². The number of anilines is 1. The molecule has 0 atom stereocenters. The highest BCUT2D eigenvalue weighted by molar-refractivity contribution is 9.10. The maximum atomic E-state index is 11.2. The van der Waals surface area contributed by atoms with Gasteiger partial charge in [0.25, 0.3) is 5.56 Å². The van der Waals surface area contributed by atoms with Crippen LogP contribution in [0, 0.1) is 0 Å². The number of benzene rings is 1. The molecule has 0 aliphatic rings. The molecule has 0 saturated carbocycles. The Hall–Kier alpha value is -1.86. The first kappa shape index (κ1) is 13.6. The minimum atomic E-state index is -0.507. The SMILES string of the molecule is O=c1[nH]ncc(N/N=C/c2cc(Br)ccc2O)c1Cl. The van der Waals surface area contributed by atoms with Gasteiger partial charge in [-0.2, -0.15) is 10.2 Å². The van der Waals surface area contributed by atoms with Gasteiger partial charge in [0.15, 0.2) is 0 Å². The number of hydrazone groups is 1. The second kappa shape index (κ2) is 5.85. The van der Waals surface area contributed by atoms with E-state index in [1.807, 2.05) is 0 Å². The van der Waals surface area contributed by atoms with Crippen LogP contribution in [0.15, 0.2) is 38.8 Å². The zero-order valence-electron chi connectivity index (χ0n) is 9.39. The van der Waals surface area contributed by atoms with Crippen molar-refractivity contribution in [1.29, 1.82) is 0 Å². The summed E-state index contributed by atoms with van der Waals surface area (Å²) in [6, 6.07) is 4.93. The molecule has 98 valence electrons. The first-order valence-electron chi connectivity index (χ1n) is 5.08. The van der Waals surface area contributed by atoms with Gasteiger partial charge in [0, 0.05) is 10.0 Å². The predicted molar refractivity (Wildman–Crippen MR) is 76.9 cm³/mol. The van der Waals surface area contributed by atoms with Crippen LogP contribution >= 0.6 is 27.5 Å². The Morgan fingerprint density at radius 3 is 3.11 bits per heavy atom. The van der Waals surface area contributed by atoms with E-state index in [0.717, 1.165) is 4.47 Å². The molecule has 19 heavy (non-hydrogen) atoms. The van der Waals surface area contributed by atoms with Crippen molar-refractivity contribution >= 4 is 39.4 Å². The molecule has 0 aliphatic heterocycles. The van der Waals surface area contributed by atoms with Gasteiger partial charge in [-0.05, 0) is 18.2 Å². The quantitative estimate of drug-likeness (QED) is 0.589. The van der Waals surface area contributed by atoms with Crippen LogP contribution < -0.4 is 11.0 Å². The summed E-state index contributed by atoms with van der Waals surface area (Å²) in [5, 5.41) is 19.2. The fraction of sp³-hybridized carbons (Fsp3) is 0. The van der Waals surface area contributed by atoms with Crippen LogP contribution in [-0.4, -0.2) is 21.5 Å². The van der Waals surface area contributed by atoms with Crippen LogP contribution in [0.2, 0.25) is 5.02 Å². The molecule has 6 nitrogen and oxygen atoms in total. The van der Waals surface area contributed by atoms with Crippen LogP contribution in [0.1, 0.15) is 5.56 Å². The molecule has 0 aliphatic carbocycles. The van der Waals surface area contributed by atoms with E-state index in [1.54, 1.807) is 12.1 Å². The molecule has 3 N–H and O–H groups in total. The van der Waals surface area contributed by atoms with Crippen LogP contribution in [0.5, 0.6) is 5.75 Å². The third-order valence-corrected chi connectivity index (χ3v) is 3.04. The van der Waals surface area contributed by atoms with Gasteiger partial charge in [0.2, 0.25) is 0 Å². The Labute approximate surface area is 121 Å². The first-order valence-corrected chi connectivity index (χ1v) is 6.26. The summed E-state index contributed by atoms with van der Waals surface area (Å²) in [6.07, 6.45) is 2.74. The van der Waals surface area contributed by atoms with Crippen molar-refractivity contribution in [1.82, 2.24) is 10.2 Å². The number of nitrogens with one attached hydrogen (secondary N) is 2. The van der Waals surface area contributed by atoms with E-state index in [0.29, 0.717) is 5.56 Å². The van der Waals surface area contributed by atoms with E-state index in [-0.39, 0.29) is 16.5 Å². The van der Waals surface area contributed by atoms with Gasteiger partial charge in [-0.25, -0.2) is 5.10 Å². The van der Waals surface area contributed by atoms with Crippen LogP contribution in [0.25, 0.3) is 0 Å². The van der Waals surface area contributed by atoms with E-state index < -0.39 is 5.56 Å². The number of aromatic nitrogens is 2. The number of aromatic hydroxyl groups is 1. The Balaban J connectivity index is 2.18. The zero-order chi connectivity index (χ0) is 13.8. The lowest BCUT2D eigenvalue weighted by atomic mass is 10.2. The van der Waals surface area contributed by atoms with E-state index in [4.69, 9.17) is 11.6 Å². The van der Waals surface area contributed by atoms with E-state index >= 15 is 0 Å². The van der Waals surface area contributed by atoms with Crippen molar-refractivity contribution in [2.24, 2.45) is 5.10 Å². The molecule has 2 aromatic rings. The summed E-state index contributed by atoms with van der Waals surface area (Å²) in [5.41, 5.74) is 2.85. The van der Waals surface area contributed by atoms with Crippen molar-refractivity contribution in [3.63, 3.8) is 0 Å². The lowest BCUT2D eigenvalue weighted by Crippen LogP contribution is -2.10. The van der Waals surface area contributed by atoms with Gasteiger partial charge < -0.3 is 5.11 Å². The van der Waals surface area contributed by atoms with Gasteiger partial charge in [-0.3, -0.25) is 10.2 Å².